The number of hydrogen-bond acceptors (Lipinski definition) is 2. The molecule has 1 rings (SSSR count). The Balaban J connectivity index is 2.59. The Morgan fingerprint density at radius 2 is 2.36 bits per heavy atom. The molecule has 1 heterocycles. The van der Waals surface area contributed by atoms with Gasteiger partial charge in [0, 0.05) is 13.0 Å². The zero-order chi connectivity index (χ0) is 10.4. The molecule has 0 bridgehead atoms. The van der Waals surface area contributed by atoms with Crippen molar-refractivity contribution in [3.63, 3.8) is 0 Å². The van der Waals surface area contributed by atoms with Crippen molar-refractivity contribution in [3.8, 4) is 11.8 Å². The average molecular weight is 196 g/mol. The summed E-state index contributed by atoms with van der Waals surface area (Å²) in [5.41, 5.74) is -0.956. The normalized spacial score (nSPS) is 26.4. The lowest BCUT2D eigenvalue weighted by Gasteiger charge is -2.32. The predicted octanol–water partition coefficient (Wildman–Crippen LogP) is 1.81. The number of carboxylic acid groups (broad SMARTS) is 1. The second-order valence-electron chi connectivity index (χ2n) is 3.53. The Hall–Kier alpha value is -1.01. The van der Waals surface area contributed by atoms with Gasteiger partial charge in [0.15, 0.2) is 5.60 Å². The third-order valence-corrected chi connectivity index (χ3v) is 2.57. The van der Waals surface area contributed by atoms with E-state index in [4.69, 9.17) is 9.84 Å². The largest absolute Gasteiger partial charge is 0.479 e. The van der Waals surface area contributed by atoms with E-state index in [0.717, 1.165) is 12.8 Å². The minimum atomic E-state index is -0.956. The predicted molar refractivity (Wildman–Crippen MR) is 52.9 cm³/mol. The van der Waals surface area contributed by atoms with Crippen LogP contribution in [0.5, 0.6) is 0 Å². The highest BCUT2D eigenvalue weighted by Crippen LogP contribution is 2.29. The Labute approximate surface area is 84.5 Å². The van der Waals surface area contributed by atoms with Gasteiger partial charge in [0.05, 0.1) is 0 Å². The summed E-state index contributed by atoms with van der Waals surface area (Å²) in [5, 5.41) is 9.11. The first-order valence-electron chi connectivity index (χ1n) is 4.98. The summed E-state index contributed by atoms with van der Waals surface area (Å²) in [6, 6.07) is 0. The van der Waals surface area contributed by atoms with Gasteiger partial charge in [-0.2, -0.15) is 0 Å². The van der Waals surface area contributed by atoms with E-state index in [1.165, 1.54) is 0 Å². The van der Waals surface area contributed by atoms with Gasteiger partial charge >= 0.3 is 5.97 Å². The smallest absolute Gasteiger partial charge is 0.336 e. The molecule has 0 aromatic heterocycles. The maximum Gasteiger partial charge on any atom is 0.336 e. The molecule has 14 heavy (non-hydrogen) atoms. The third-order valence-electron chi connectivity index (χ3n) is 2.57. The van der Waals surface area contributed by atoms with Crippen LogP contribution in [-0.2, 0) is 9.53 Å². The summed E-state index contributed by atoms with van der Waals surface area (Å²) < 4.78 is 5.41. The molecule has 1 N–H and O–H groups in total. The van der Waals surface area contributed by atoms with Crippen LogP contribution in [0.25, 0.3) is 0 Å². The highest BCUT2D eigenvalue weighted by atomic mass is 16.5. The van der Waals surface area contributed by atoms with Crippen molar-refractivity contribution >= 4 is 5.97 Å². The Morgan fingerprint density at radius 3 is 2.86 bits per heavy atom. The molecule has 3 nitrogen and oxygen atoms in total. The maximum absolute atomic E-state index is 11.1. The summed E-state index contributed by atoms with van der Waals surface area (Å²) in [6.07, 6.45) is 3.63. The van der Waals surface area contributed by atoms with Crippen molar-refractivity contribution in [1.29, 1.82) is 0 Å². The Kier molecular flexibility index (Phi) is 3.97. The number of carboxylic acids is 1. The van der Waals surface area contributed by atoms with Crippen LogP contribution in [0.3, 0.4) is 0 Å². The van der Waals surface area contributed by atoms with Crippen LogP contribution < -0.4 is 0 Å². The van der Waals surface area contributed by atoms with Crippen molar-refractivity contribution < 1.29 is 14.6 Å². The quantitative estimate of drug-likeness (QED) is 0.700. The molecule has 78 valence electrons. The SMILES string of the molecule is CC#CCCC1(C(=O)O)CCCCO1. The second-order valence-corrected chi connectivity index (χ2v) is 3.53. The molecule has 0 saturated carbocycles. The van der Waals surface area contributed by atoms with E-state index in [9.17, 15) is 4.79 Å². The minimum absolute atomic E-state index is 0.503. The van der Waals surface area contributed by atoms with E-state index in [2.05, 4.69) is 11.8 Å². The molecule has 1 aliphatic rings. The zero-order valence-electron chi connectivity index (χ0n) is 8.51. The molecule has 1 atom stereocenters. The standard InChI is InChI=1S/C11H16O3/c1-2-3-4-7-11(10(12)13)8-5-6-9-14-11/h4-9H2,1H3,(H,12,13). The minimum Gasteiger partial charge on any atom is -0.479 e. The molecule has 0 aromatic rings. The molecule has 0 amide bonds. The van der Waals surface area contributed by atoms with E-state index in [1.54, 1.807) is 6.92 Å². The molecular formula is C11H16O3. The summed E-state index contributed by atoms with van der Waals surface area (Å²) >= 11 is 0. The lowest BCUT2D eigenvalue weighted by atomic mass is 9.89. The van der Waals surface area contributed by atoms with E-state index in [0.29, 0.717) is 25.9 Å². The fourth-order valence-corrected chi connectivity index (χ4v) is 1.71. The maximum atomic E-state index is 11.1. The highest BCUT2D eigenvalue weighted by Gasteiger charge is 2.40. The first-order chi connectivity index (χ1) is 6.71. The summed E-state index contributed by atoms with van der Waals surface area (Å²) in [6.45, 7) is 2.32. The van der Waals surface area contributed by atoms with Gasteiger partial charge in [-0.05, 0) is 32.6 Å². The number of rotatable bonds is 3. The first kappa shape index (κ1) is 11.1. The highest BCUT2D eigenvalue weighted by molar-refractivity contribution is 5.77. The molecular weight excluding hydrogens is 180 g/mol. The van der Waals surface area contributed by atoms with Gasteiger partial charge < -0.3 is 9.84 Å². The number of hydrogen-bond donors (Lipinski definition) is 1. The fraction of sp³-hybridized carbons (Fsp3) is 0.727. The lowest BCUT2D eigenvalue weighted by molar-refractivity contribution is -0.173. The summed E-state index contributed by atoms with van der Waals surface area (Å²) in [7, 11) is 0. The Bertz CT molecular complexity index is 253. The van der Waals surface area contributed by atoms with Crippen molar-refractivity contribution in [2.24, 2.45) is 0 Å². The molecule has 1 saturated heterocycles. The van der Waals surface area contributed by atoms with E-state index >= 15 is 0 Å². The topological polar surface area (TPSA) is 46.5 Å². The molecule has 1 aliphatic heterocycles. The number of ether oxygens (including phenoxy) is 1. The molecule has 1 unspecified atom stereocenters. The van der Waals surface area contributed by atoms with Crippen LogP contribution >= 0.6 is 0 Å². The fourth-order valence-electron chi connectivity index (χ4n) is 1.71. The number of aliphatic carboxylic acids is 1. The van der Waals surface area contributed by atoms with E-state index in [-0.39, 0.29) is 0 Å². The van der Waals surface area contributed by atoms with Gasteiger partial charge in [0.25, 0.3) is 0 Å². The van der Waals surface area contributed by atoms with Crippen LogP contribution in [0, 0.1) is 11.8 Å². The molecule has 0 aromatic carbocycles. The van der Waals surface area contributed by atoms with Crippen LogP contribution in [0.15, 0.2) is 0 Å². The van der Waals surface area contributed by atoms with Crippen molar-refractivity contribution in [2.45, 2.75) is 44.6 Å². The third kappa shape index (κ3) is 2.49. The van der Waals surface area contributed by atoms with E-state index in [1.807, 2.05) is 0 Å². The van der Waals surface area contributed by atoms with Crippen LogP contribution in [0.2, 0.25) is 0 Å². The van der Waals surface area contributed by atoms with Crippen molar-refractivity contribution in [2.75, 3.05) is 6.61 Å². The van der Waals surface area contributed by atoms with Gasteiger partial charge in [0.2, 0.25) is 0 Å². The zero-order valence-corrected chi connectivity index (χ0v) is 8.51. The van der Waals surface area contributed by atoms with Crippen LogP contribution in [0.1, 0.15) is 39.0 Å². The average Bonchev–Trinajstić information content (AvgIpc) is 2.19. The molecule has 0 spiro atoms. The van der Waals surface area contributed by atoms with Crippen LogP contribution in [0.4, 0.5) is 0 Å². The molecule has 3 heteroatoms. The monoisotopic (exact) mass is 196 g/mol. The molecule has 0 aliphatic carbocycles. The van der Waals surface area contributed by atoms with Gasteiger partial charge in [-0.15, -0.1) is 11.8 Å². The van der Waals surface area contributed by atoms with Gasteiger partial charge in [-0.3, -0.25) is 0 Å². The van der Waals surface area contributed by atoms with Gasteiger partial charge in [-0.1, -0.05) is 0 Å². The van der Waals surface area contributed by atoms with Gasteiger partial charge in [-0.25, -0.2) is 4.79 Å². The summed E-state index contributed by atoms with van der Waals surface area (Å²) in [4.78, 5) is 11.1. The van der Waals surface area contributed by atoms with Crippen molar-refractivity contribution in [3.05, 3.63) is 0 Å². The molecule has 1 fully saturated rings. The van der Waals surface area contributed by atoms with Crippen LogP contribution in [-0.4, -0.2) is 23.3 Å². The van der Waals surface area contributed by atoms with E-state index < -0.39 is 11.6 Å². The number of carbonyl (C=O) groups is 1. The van der Waals surface area contributed by atoms with Gasteiger partial charge in [0.1, 0.15) is 0 Å². The Morgan fingerprint density at radius 1 is 1.57 bits per heavy atom. The molecule has 0 radical (unpaired) electrons. The second kappa shape index (κ2) is 5.02. The lowest BCUT2D eigenvalue weighted by Crippen LogP contribution is -2.44. The summed E-state index contributed by atoms with van der Waals surface area (Å²) in [5.74, 6) is 4.81. The first-order valence-corrected chi connectivity index (χ1v) is 4.98. The van der Waals surface area contributed by atoms with Crippen molar-refractivity contribution in [1.82, 2.24) is 0 Å².